The Morgan fingerprint density at radius 3 is 2.75 bits per heavy atom. The lowest BCUT2D eigenvalue weighted by Crippen LogP contribution is -2.06. The zero-order valence-corrected chi connectivity index (χ0v) is 12.7. The predicted molar refractivity (Wildman–Crippen MR) is 75.2 cm³/mol. The van der Waals surface area contributed by atoms with E-state index < -0.39 is 27.9 Å². The first-order chi connectivity index (χ1) is 9.40. The Kier molecular flexibility index (Phi) is 4.51. The molecule has 0 aliphatic carbocycles. The van der Waals surface area contributed by atoms with E-state index in [-0.39, 0.29) is 11.0 Å². The molecule has 1 heterocycles. The third kappa shape index (κ3) is 3.05. The van der Waals surface area contributed by atoms with E-state index in [0.29, 0.717) is 9.34 Å². The van der Waals surface area contributed by atoms with Crippen LogP contribution in [0.15, 0.2) is 16.7 Å². The lowest BCUT2D eigenvalue weighted by molar-refractivity contribution is -0.384. The first-order valence-electron chi connectivity index (χ1n) is 5.06. The van der Waals surface area contributed by atoms with Crippen LogP contribution >= 0.6 is 38.9 Å². The molecule has 1 aromatic heterocycles. The lowest BCUT2D eigenvalue weighted by atomic mass is 10.2. The number of nitro benzene ring substituents is 1. The molecule has 2 aromatic rings. The van der Waals surface area contributed by atoms with Crippen LogP contribution < -0.4 is 5.32 Å². The van der Waals surface area contributed by atoms with Gasteiger partial charge in [-0.25, -0.2) is 13.8 Å². The van der Waals surface area contributed by atoms with E-state index >= 15 is 0 Å². The summed E-state index contributed by atoms with van der Waals surface area (Å²) in [5.74, 6) is -2.51. The second kappa shape index (κ2) is 5.98. The van der Waals surface area contributed by atoms with Gasteiger partial charge in [0.1, 0.15) is 0 Å². The van der Waals surface area contributed by atoms with E-state index in [1.165, 1.54) is 6.20 Å². The topological polar surface area (TPSA) is 68.1 Å². The van der Waals surface area contributed by atoms with Crippen LogP contribution in [0, 0.1) is 21.7 Å². The molecular formula is C10H5BrClF2N3O2S. The molecule has 5 nitrogen and oxygen atoms in total. The summed E-state index contributed by atoms with van der Waals surface area (Å²) in [5.41, 5.74) is -1.08. The SMILES string of the molecule is O=[N+]([O-])c1cc(Br)c(F)c(F)c1NCc1cnc(Cl)s1. The normalized spacial score (nSPS) is 10.6. The molecule has 0 radical (unpaired) electrons. The van der Waals surface area contributed by atoms with Gasteiger partial charge in [-0.2, -0.15) is 0 Å². The van der Waals surface area contributed by atoms with Crippen molar-refractivity contribution in [1.82, 2.24) is 4.98 Å². The van der Waals surface area contributed by atoms with Crippen molar-refractivity contribution in [2.45, 2.75) is 6.54 Å². The molecule has 10 heteroatoms. The Morgan fingerprint density at radius 2 is 2.20 bits per heavy atom. The minimum atomic E-state index is -1.32. The van der Waals surface area contributed by atoms with Gasteiger partial charge in [0, 0.05) is 17.1 Å². The first-order valence-corrected chi connectivity index (χ1v) is 7.05. The molecule has 0 atom stereocenters. The molecule has 0 unspecified atom stereocenters. The van der Waals surface area contributed by atoms with Crippen molar-refractivity contribution < 1.29 is 13.7 Å². The van der Waals surface area contributed by atoms with Gasteiger partial charge in [0.25, 0.3) is 5.69 Å². The van der Waals surface area contributed by atoms with Crippen LogP contribution in [0.2, 0.25) is 4.47 Å². The summed E-state index contributed by atoms with van der Waals surface area (Å²) in [6.45, 7) is 0.0449. The minimum absolute atomic E-state index is 0.0449. The molecule has 106 valence electrons. The Balaban J connectivity index is 2.34. The average molecular weight is 385 g/mol. The van der Waals surface area contributed by atoms with Crippen LogP contribution in [-0.2, 0) is 6.54 Å². The third-order valence-corrected chi connectivity index (χ3v) is 3.99. The molecule has 0 bridgehead atoms. The predicted octanol–water partition coefficient (Wildman–Crippen LogP) is 4.36. The van der Waals surface area contributed by atoms with Crippen molar-refractivity contribution in [3.63, 3.8) is 0 Å². The van der Waals surface area contributed by atoms with Gasteiger partial charge in [-0.1, -0.05) is 11.6 Å². The van der Waals surface area contributed by atoms with E-state index in [1.54, 1.807) is 0 Å². The van der Waals surface area contributed by atoms with Gasteiger partial charge >= 0.3 is 0 Å². The van der Waals surface area contributed by atoms with Gasteiger partial charge in [-0.3, -0.25) is 10.1 Å². The fourth-order valence-electron chi connectivity index (χ4n) is 1.44. The van der Waals surface area contributed by atoms with Crippen LogP contribution in [0.5, 0.6) is 0 Å². The lowest BCUT2D eigenvalue weighted by Gasteiger charge is -2.08. The molecule has 0 saturated carbocycles. The number of anilines is 1. The summed E-state index contributed by atoms with van der Waals surface area (Å²) in [5, 5.41) is 13.4. The fourth-order valence-corrected chi connectivity index (χ4v) is 2.74. The molecule has 1 N–H and O–H groups in total. The molecule has 20 heavy (non-hydrogen) atoms. The number of nitro groups is 1. The maximum Gasteiger partial charge on any atom is 0.296 e. The maximum atomic E-state index is 13.8. The highest BCUT2D eigenvalue weighted by molar-refractivity contribution is 9.10. The number of rotatable bonds is 4. The summed E-state index contributed by atoms with van der Waals surface area (Å²) >= 11 is 9.49. The molecular weight excluding hydrogens is 380 g/mol. The van der Waals surface area contributed by atoms with E-state index in [0.717, 1.165) is 17.4 Å². The number of halogens is 4. The average Bonchev–Trinajstić information content (AvgIpc) is 2.80. The van der Waals surface area contributed by atoms with Crippen molar-refractivity contribution in [1.29, 1.82) is 0 Å². The third-order valence-electron chi connectivity index (χ3n) is 2.30. The zero-order chi connectivity index (χ0) is 14.9. The highest BCUT2D eigenvalue weighted by Gasteiger charge is 2.24. The van der Waals surface area contributed by atoms with Crippen molar-refractivity contribution in [2.75, 3.05) is 5.32 Å². The number of benzene rings is 1. The van der Waals surface area contributed by atoms with Crippen LogP contribution in [0.4, 0.5) is 20.2 Å². The molecule has 1 aromatic carbocycles. The summed E-state index contributed by atoms with van der Waals surface area (Å²) in [4.78, 5) is 14.5. The van der Waals surface area contributed by atoms with Crippen molar-refractivity contribution >= 4 is 50.2 Å². The van der Waals surface area contributed by atoms with E-state index in [1.807, 2.05) is 0 Å². The van der Waals surface area contributed by atoms with Gasteiger partial charge in [0.2, 0.25) is 0 Å². The van der Waals surface area contributed by atoms with Crippen LogP contribution in [0.3, 0.4) is 0 Å². The number of aromatic nitrogens is 1. The number of nitrogens with one attached hydrogen (secondary N) is 1. The summed E-state index contributed by atoms with van der Waals surface area (Å²) in [6.07, 6.45) is 1.44. The molecule has 0 aliphatic rings. The molecule has 0 spiro atoms. The number of nitrogens with zero attached hydrogens (tertiary/aromatic N) is 2. The van der Waals surface area contributed by atoms with Gasteiger partial charge in [-0.05, 0) is 15.9 Å². The minimum Gasteiger partial charge on any atom is -0.372 e. The molecule has 0 fully saturated rings. The Hall–Kier alpha value is -1.32. The largest absolute Gasteiger partial charge is 0.372 e. The van der Waals surface area contributed by atoms with Gasteiger partial charge in [0.05, 0.1) is 15.9 Å². The van der Waals surface area contributed by atoms with Gasteiger partial charge in [-0.15, -0.1) is 11.3 Å². The number of thiazole rings is 1. The monoisotopic (exact) mass is 383 g/mol. The van der Waals surface area contributed by atoms with Crippen LogP contribution in [0.25, 0.3) is 0 Å². The molecule has 2 rings (SSSR count). The highest BCUT2D eigenvalue weighted by Crippen LogP contribution is 2.34. The number of hydrogen-bond acceptors (Lipinski definition) is 5. The second-order valence-corrected chi connectivity index (χ2v) is 6.12. The number of hydrogen-bond donors (Lipinski definition) is 1. The summed E-state index contributed by atoms with van der Waals surface area (Å²) in [6, 6.07) is 0.903. The fraction of sp³-hybridized carbons (Fsp3) is 0.100. The smallest absolute Gasteiger partial charge is 0.296 e. The maximum absolute atomic E-state index is 13.8. The highest BCUT2D eigenvalue weighted by atomic mass is 79.9. The Bertz CT molecular complexity index is 683. The van der Waals surface area contributed by atoms with Gasteiger partial charge in [0.15, 0.2) is 21.8 Å². The molecule has 0 aliphatic heterocycles. The van der Waals surface area contributed by atoms with Crippen molar-refractivity contribution in [2.24, 2.45) is 0 Å². The second-order valence-electron chi connectivity index (χ2n) is 3.57. The quantitative estimate of drug-likeness (QED) is 0.483. The molecule has 0 amide bonds. The van der Waals surface area contributed by atoms with E-state index in [9.17, 15) is 18.9 Å². The zero-order valence-electron chi connectivity index (χ0n) is 9.49. The van der Waals surface area contributed by atoms with E-state index in [2.05, 4.69) is 26.2 Å². The van der Waals surface area contributed by atoms with Crippen molar-refractivity contribution in [3.05, 3.63) is 47.8 Å². The summed E-state index contributed by atoms with van der Waals surface area (Å²) in [7, 11) is 0. The van der Waals surface area contributed by atoms with Crippen LogP contribution in [0.1, 0.15) is 4.88 Å². The van der Waals surface area contributed by atoms with Crippen LogP contribution in [-0.4, -0.2) is 9.91 Å². The summed E-state index contributed by atoms with van der Waals surface area (Å²) < 4.78 is 27.2. The first kappa shape index (κ1) is 15.1. The standard InChI is InChI=1S/C10H5BrClF2N3O2S/c11-5-1-6(17(18)19)9(8(14)7(5)13)15-2-4-3-16-10(12)20-4/h1,3,15H,2H2. The van der Waals surface area contributed by atoms with Crippen molar-refractivity contribution in [3.8, 4) is 0 Å². The van der Waals surface area contributed by atoms with E-state index in [4.69, 9.17) is 11.6 Å². The Morgan fingerprint density at radius 1 is 1.50 bits per heavy atom. The molecule has 0 saturated heterocycles. The Labute approximate surface area is 128 Å². The van der Waals surface area contributed by atoms with Gasteiger partial charge < -0.3 is 5.32 Å².